The lowest BCUT2D eigenvalue weighted by atomic mass is 10.3. The van der Waals surface area contributed by atoms with Crippen LogP contribution in [0.15, 0.2) is 29.3 Å². The molecule has 2 rings (SSSR count). The monoisotopic (exact) mass is 180 g/mol. The third kappa shape index (κ3) is 1.08. The highest BCUT2D eigenvalue weighted by molar-refractivity contribution is 6.31. The van der Waals surface area contributed by atoms with Crippen molar-refractivity contribution in [3.05, 3.63) is 39.9 Å². The number of H-pyrrole nitrogens is 1. The van der Waals surface area contributed by atoms with Crippen LogP contribution in [0.2, 0.25) is 5.02 Å². The lowest BCUT2D eigenvalue weighted by Gasteiger charge is -1.94. The third-order valence-corrected chi connectivity index (χ3v) is 1.78. The number of rotatable bonds is 0. The smallest absolute Gasteiger partial charge is 0.274 e. The van der Waals surface area contributed by atoms with E-state index in [0.717, 1.165) is 5.39 Å². The van der Waals surface area contributed by atoms with Crippen molar-refractivity contribution >= 4 is 22.5 Å². The minimum Gasteiger partial charge on any atom is -0.327 e. The van der Waals surface area contributed by atoms with Crippen molar-refractivity contribution in [2.24, 2.45) is 0 Å². The van der Waals surface area contributed by atoms with Crippen LogP contribution in [0.4, 0.5) is 0 Å². The van der Waals surface area contributed by atoms with Gasteiger partial charge in [0.05, 0.1) is 5.02 Å². The first-order valence-electron chi connectivity index (χ1n) is 3.40. The molecule has 0 fully saturated rings. The molecule has 0 aliphatic rings. The van der Waals surface area contributed by atoms with E-state index in [9.17, 15) is 4.79 Å². The summed E-state index contributed by atoms with van der Waals surface area (Å²) in [4.78, 5) is 17.6. The summed E-state index contributed by atoms with van der Waals surface area (Å²) in [6, 6.07) is 3.47. The zero-order valence-corrected chi connectivity index (χ0v) is 6.80. The zero-order valence-electron chi connectivity index (χ0n) is 6.04. The van der Waals surface area contributed by atoms with E-state index in [2.05, 4.69) is 9.97 Å². The molecule has 60 valence electrons. The minimum absolute atomic E-state index is 0.191. The van der Waals surface area contributed by atoms with Gasteiger partial charge >= 0.3 is 0 Å². The molecule has 0 spiro atoms. The highest BCUT2D eigenvalue weighted by atomic mass is 35.5. The quantitative estimate of drug-likeness (QED) is 0.669. The first-order valence-corrected chi connectivity index (χ1v) is 3.78. The van der Waals surface area contributed by atoms with Crippen LogP contribution in [0.5, 0.6) is 0 Å². The van der Waals surface area contributed by atoms with E-state index in [-0.39, 0.29) is 5.56 Å². The first-order chi connectivity index (χ1) is 5.77. The van der Waals surface area contributed by atoms with Crippen molar-refractivity contribution in [3.8, 4) is 0 Å². The van der Waals surface area contributed by atoms with Crippen LogP contribution in [0.1, 0.15) is 0 Å². The summed E-state index contributed by atoms with van der Waals surface area (Å²) < 4.78 is 0. The Hall–Kier alpha value is -1.35. The zero-order chi connectivity index (χ0) is 8.55. The Labute approximate surface area is 73.0 Å². The Kier molecular flexibility index (Phi) is 1.59. The summed E-state index contributed by atoms with van der Waals surface area (Å²) >= 11 is 5.70. The molecule has 1 N–H and O–H groups in total. The van der Waals surface area contributed by atoms with Crippen LogP contribution in [0.25, 0.3) is 10.9 Å². The van der Waals surface area contributed by atoms with Gasteiger partial charge in [0.1, 0.15) is 5.52 Å². The number of nitrogens with one attached hydrogen (secondary N) is 1. The molecule has 0 bridgehead atoms. The number of nitrogens with zero attached hydrogens (tertiary/aromatic N) is 1. The summed E-state index contributed by atoms with van der Waals surface area (Å²) in [7, 11) is 0. The van der Waals surface area contributed by atoms with Gasteiger partial charge in [-0.2, -0.15) is 0 Å². The SMILES string of the molecule is O=c1[nH]ccc2cc(Cl)cnc12. The average molecular weight is 181 g/mol. The molecule has 0 saturated heterocycles. The molecule has 3 nitrogen and oxygen atoms in total. The molecule has 0 aliphatic heterocycles. The normalized spacial score (nSPS) is 10.4. The van der Waals surface area contributed by atoms with Gasteiger partial charge in [0, 0.05) is 17.8 Å². The van der Waals surface area contributed by atoms with Gasteiger partial charge in [-0.3, -0.25) is 4.79 Å². The number of hydrogen-bond donors (Lipinski definition) is 1. The second-order valence-electron chi connectivity index (χ2n) is 2.40. The van der Waals surface area contributed by atoms with Gasteiger partial charge in [-0.15, -0.1) is 0 Å². The molecule has 2 aromatic heterocycles. The van der Waals surface area contributed by atoms with Crippen LogP contribution in [0, 0.1) is 0 Å². The van der Waals surface area contributed by atoms with E-state index in [1.54, 1.807) is 18.3 Å². The van der Waals surface area contributed by atoms with Gasteiger partial charge in [-0.05, 0) is 12.1 Å². The van der Waals surface area contributed by atoms with Crippen molar-refractivity contribution in [1.82, 2.24) is 9.97 Å². The molecule has 0 unspecified atom stereocenters. The fourth-order valence-corrected chi connectivity index (χ4v) is 1.21. The molecule has 0 aromatic carbocycles. The number of aromatic amines is 1. The van der Waals surface area contributed by atoms with Gasteiger partial charge in [-0.25, -0.2) is 4.98 Å². The minimum atomic E-state index is -0.191. The molecule has 0 atom stereocenters. The topological polar surface area (TPSA) is 45.8 Å². The van der Waals surface area contributed by atoms with E-state index in [0.29, 0.717) is 10.5 Å². The number of halogens is 1. The third-order valence-electron chi connectivity index (χ3n) is 1.58. The summed E-state index contributed by atoms with van der Waals surface area (Å²) in [5, 5.41) is 1.29. The van der Waals surface area contributed by atoms with Gasteiger partial charge < -0.3 is 4.98 Å². The lowest BCUT2D eigenvalue weighted by Crippen LogP contribution is -2.05. The second-order valence-corrected chi connectivity index (χ2v) is 2.83. The fourth-order valence-electron chi connectivity index (χ4n) is 1.05. The Balaban J connectivity index is 2.96. The van der Waals surface area contributed by atoms with E-state index in [4.69, 9.17) is 11.6 Å². The highest BCUT2D eigenvalue weighted by Gasteiger charge is 1.98. The van der Waals surface area contributed by atoms with Crippen LogP contribution in [-0.4, -0.2) is 9.97 Å². The number of aromatic nitrogens is 2. The summed E-state index contributed by atoms with van der Waals surface area (Å²) in [6.45, 7) is 0. The van der Waals surface area contributed by atoms with Gasteiger partial charge in [0.25, 0.3) is 5.56 Å². The van der Waals surface area contributed by atoms with Crippen LogP contribution >= 0.6 is 11.6 Å². The molecular weight excluding hydrogens is 176 g/mol. The van der Waals surface area contributed by atoms with Gasteiger partial charge in [0.15, 0.2) is 0 Å². The number of hydrogen-bond acceptors (Lipinski definition) is 2. The molecule has 0 amide bonds. The van der Waals surface area contributed by atoms with E-state index >= 15 is 0 Å². The number of pyridine rings is 2. The standard InChI is InChI=1S/C8H5ClN2O/c9-6-3-5-1-2-10-8(12)7(5)11-4-6/h1-4H,(H,10,12). The fraction of sp³-hybridized carbons (Fsp3) is 0. The second kappa shape index (κ2) is 2.60. The van der Waals surface area contributed by atoms with Crippen molar-refractivity contribution < 1.29 is 0 Å². The molecule has 4 heteroatoms. The van der Waals surface area contributed by atoms with Crippen molar-refractivity contribution in [2.75, 3.05) is 0 Å². The van der Waals surface area contributed by atoms with E-state index in [1.165, 1.54) is 6.20 Å². The maximum absolute atomic E-state index is 11.1. The van der Waals surface area contributed by atoms with Crippen molar-refractivity contribution in [2.45, 2.75) is 0 Å². The van der Waals surface area contributed by atoms with Crippen LogP contribution in [-0.2, 0) is 0 Å². The molecule has 12 heavy (non-hydrogen) atoms. The number of fused-ring (bicyclic) bond motifs is 1. The predicted molar refractivity (Wildman–Crippen MR) is 47.4 cm³/mol. The molecule has 2 heterocycles. The first kappa shape index (κ1) is 7.31. The molecular formula is C8H5ClN2O. The van der Waals surface area contributed by atoms with Crippen LogP contribution < -0.4 is 5.56 Å². The van der Waals surface area contributed by atoms with Crippen molar-refractivity contribution in [3.63, 3.8) is 0 Å². The molecule has 0 aliphatic carbocycles. The maximum atomic E-state index is 11.1. The molecule has 0 saturated carbocycles. The van der Waals surface area contributed by atoms with Gasteiger partial charge in [-0.1, -0.05) is 11.6 Å². The average Bonchev–Trinajstić information content (AvgIpc) is 2.04. The lowest BCUT2D eigenvalue weighted by molar-refractivity contribution is 1.24. The highest BCUT2D eigenvalue weighted by Crippen LogP contribution is 2.12. The van der Waals surface area contributed by atoms with Crippen molar-refractivity contribution in [1.29, 1.82) is 0 Å². The summed E-state index contributed by atoms with van der Waals surface area (Å²) in [5.41, 5.74) is 0.228. The van der Waals surface area contributed by atoms with E-state index < -0.39 is 0 Å². The Morgan fingerprint density at radius 3 is 3.17 bits per heavy atom. The Morgan fingerprint density at radius 1 is 1.50 bits per heavy atom. The maximum Gasteiger partial charge on any atom is 0.274 e. The Morgan fingerprint density at radius 2 is 2.33 bits per heavy atom. The molecule has 2 aromatic rings. The largest absolute Gasteiger partial charge is 0.327 e. The predicted octanol–water partition coefficient (Wildman–Crippen LogP) is 1.58. The van der Waals surface area contributed by atoms with Crippen LogP contribution in [0.3, 0.4) is 0 Å². The van der Waals surface area contributed by atoms with Gasteiger partial charge in [0.2, 0.25) is 0 Å². The Bertz CT molecular complexity index is 478. The van der Waals surface area contributed by atoms with E-state index in [1.807, 2.05) is 0 Å². The summed E-state index contributed by atoms with van der Waals surface area (Å²) in [6.07, 6.45) is 3.03. The summed E-state index contributed by atoms with van der Waals surface area (Å²) in [5.74, 6) is 0. The molecule has 0 radical (unpaired) electrons.